The van der Waals surface area contributed by atoms with E-state index in [-0.39, 0.29) is 0 Å². The molecule has 0 amide bonds. The largest absolute Gasteiger partial charge is 0.495 e. The van der Waals surface area contributed by atoms with Crippen molar-refractivity contribution in [3.05, 3.63) is 35.7 Å². The van der Waals surface area contributed by atoms with Gasteiger partial charge in [-0.15, -0.1) is 0 Å². The predicted molar refractivity (Wildman–Crippen MR) is 63.8 cm³/mol. The summed E-state index contributed by atoms with van der Waals surface area (Å²) in [5.41, 5.74) is 0.966. The number of pyridine rings is 1. The minimum absolute atomic E-state index is 0.517. The Labute approximate surface area is 101 Å². The number of aliphatic hydroxyl groups is 1. The Kier molecular flexibility index (Phi) is 3.98. The van der Waals surface area contributed by atoms with Crippen LogP contribution in [0.15, 0.2) is 30.2 Å². The van der Waals surface area contributed by atoms with Gasteiger partial charge in [0.2, 0.25) is 5.88 Å². The first-order valence-electron chi connectivity index (χ1n) is 5.79. The molecule has 1 aromatic rings. The molecule has 0 fully saturated rings. The molecule has 0 aromatic carbocycles. The van der Waals surface area contributed by atoms with Gasteiger partial charge in [0.25, 0.3) is 0 Å². The van der Waals surface area contributed by atoms with Crippen LogP contribution in [0.1, 0.15) is 18.4 Å². The summed E-state index contributed by atoms with van der Waals surface area (Å²) in [6, 6.07) is 3.69. The first-order valence-corrected chi connectivity index (χ1v) is 5.79. The average Bonchev–Trinajstić information content (AvgIpc) is 2.40. The van der Waals surface area contributed by atoms with Crippen molar-refractivity contribution in [1.29, 1.82) is 0 Å². The second-order valence-corrected chi connectivity index (χ2v) is 4.03. The highest BCUT2D eigenvalue weighted by molar-refractivity contribution is 5.20. The third kappa shape index (κ3) is 3.20. The van der Waals surface area contributed by atoms with Gasteiger partial charge in [-0.2, -0.15) is 0 Å². The van der Waals surface area contributed by atoms with E-state index in [1.165, 1.54) is 0 Å². The fourth-order valence-electron chi connectivity index (χ4n) is 1.79. The van der Waals surface area contributed by atoms with Crippen LogP contribution < -0.4 is 4.74 Å². The highest BCUT2D eigenvalue weighted by Gasteiger charge is 2.15. The number of allylic oxidation sites excluding steroid dienone is 1. The van der Waals surface area contributed by atoms with Gasteiger partial charge in [0.1, 0.15) is 11.9 Å². The minimum Gasteiger partial charge on any atom is -0.495 e. The molecule has 1 aliphatic rings. The van der Waals surface area contributed by atoms with Gasteiger partial charge in [-0.3, -0.25) is 0 Å². The number of aliphatic hydroxyl groups excluding tert-OH is 1. The van der Waals surface area contributed by atoms with Gasteiger partial charge in [-0.1, -0.05) is 6.07 Å². The first kappa shape index (κ1) is 11.9. The quantitative estimate of drug-likeness (QED) is 0.862. The van der Waals surface area contributed by atoms with Gasteiger partial charge in [0, 0.05) is 18.7 Å². The highest BCUT2D eigenvalue weighted by Crippen LogP contribution is 2.17. The molecule has 1 unspecified atom stereocenters. The van der Waals surface area contributed by atoms with Gasteiger partial charge >= 0.3 is 0 Å². The number of aromatic nitrogens is 1. The van der Waals surface area contributed by atoms with E-state index in [9.17, 15) is 5.11 Å². The van der Waals surface area contributed by atoms with Gasteiger partial charge in [0.15, 0.2) is 0 Å². The predicted octanol–water partition coefficient (Wildman–Crippen LogP) is 1.69. The Morgan fingerprint density at radius 2 is 2.41 bits per heavy atom. The van der Waals surface area contributed by atoms with Crippen LogP contribution in [0.25, 0.3) is 0 Å². The van der Waals surface area contributed by atoms with Crippen molar-refractivity contribution in [3.63, 3.8) is 0 Å². The van der Waals surface area contributed by atoms with Crippen LogP contribution in [0.5, 0.6) is 5.88 Å². The average molecular weight is 235 g/mol. The number of hydrogen-bond donors (Lipinski definition) is 1. The van der Waals surface area contributed by atoms with E-state index in [0.717, 1.165) is 18.4 Å². The zero-order valence-corrected chi connectivity index (χ0v) is 9.93. The monoisotopic (exact) mass is 235 g/mol. The molecule has 0 aliphatic carbocycles. The van der Waals surface area contributed by atoms with Crippen molar-refractivity contribution in [2.75, 3.05) is 13.7 Å². The van der Waals surface area contributed by atoms with Crippen molar-refractivity contribution < 1.29 is 14.6 Å². The number of nitrogens with zero attached hydrogens (tertiary/aromatic N) is 1. The summed E-state index contributed by atoms with van der Waals surface area (Å²) >= 11 is 0. The third-order valence-corrected chi connectivity index (χ3v) is 2.73. The zero-order chi connectivity index (χ0) is 12.1. The van der Waals surface area contributed by atoms with Gasteiger partial charge in [-0.05, 0) is 24.5 Å². The summed E-state index contributed by atoms with van der Waals surface area (Å²) < 4.78 is 10.4. The molecule has 4 nitrogen and oxygen atoms in total. The van der Waals surface area contributed by atoms with Crippen LogP contribution in [0.3, 0.4) is 0 Å². The summed E-state index contributed by atoms with van der Waals surface area (Å²) in [6.07, 6.45) is 5.62. The SMILES string of the molecule is COc1ccc(CC(O)C2=CCCCO2)cn1. The summed E-state index contributed by atoms with van der Waals surface area (Å²) in [4.78, 5) is 4.10. The molecule has 92 valence electrons. The maximum Gasteiger partial charge on any atom is 0.212 e. The van der Waals surface area contributed by atoms with E-state index < -0.39 is 6.10 Å². The van der Waals surface area contributed by atoms with Crippen LogP contribution in [0.4, 0.5) is 0 Å². The molecule has 0 radical (unpaired) electrons. The topological polar surface area (TPSA) is 51.6 Å². The van der Waals surface area contributed by atoms with Crippen molar-refractivity contribution in [3.8, 4) is 5.88 Å². The summed E-state index contributed by atoms with van der Waals surface area (Å²) in [7, 11) is 1.58. The molecule has 1 aromatic heterocycles. The second kappa shape index (κ2) is 5.68. The van der Waals surface area contributed by atoms with Crippen LogP contribution in [-0.4, -0.2) is 29.9 Å². The van der Waals surface area contributed by atoms with E-state index in [1.54, 1.807) is 19.4 Å². The molecule has 4 heteroatoms. The Bertz CT molecular complexity index is 386. The Morgan fingerprint density at radius 1 is 1.53 bits per heavy atom. The Hall–Kier alpha value is -1.55. The standard InChI is InChI=1S/C13H17NO3/c1-16-13-6-5-10(9-14-13)8-11(15)12-4-2-3-7-17-12/h4-6,9,11,15H,2-3,7-8H2,1H3. The van der Waals surface area contributed by atoms with Crippen LogP contribution in [-0.2, 0) is 11.2 Å². The number of rotatable bonds is 4. The maximum atomic E-state index is 10.0. The summed E-state index contributed by atoms with van der Waals surface area (Å²) in [5.74, 6) is 1.27. The number of hydrogen-bond acceptors (Lipinski definition) is 4. The molecule has 0 bridgehead atoms. The number of ether oxygens (including phenoxy) is 2. The van der Waals surface area contributed by atoms with Crippen LogP contribution >= 0.6 is 0 Å². The fourth-order valence-corrected chi connectivity index (χ4v) is 1.79. The molecular formula is C13H17NO3. The molecular weight excluding hydrogens is 218 g/mol. The van der Waals surface area contributed by atoms with Crippen molar-refractivity contribution in [2.45, 2.75) is 25.4 Å². The summed E-state index contributed by atoms with van der Waals surface area (Å²) in [6.45, 7) is 0.698. The molecule has 2 rings (SSSR count). The molecule has 1 N–H and O–H groups in total. The summed E-state index contributed by atoms with van der Waals surface area (Å²) in [5, 5.41) is 10.0. The lowest BCUT2D eigenvalue weighted by Gasteiger charge is -2.19. The van der Waals surface area contributed by atoms with Gasteiger partial charge < -0.3 is 14.6 Å². The van der Waals surface area contributed by atoms with Crippen LogP contribution in [0, 0.1) is 0 Å². The van der Waals surface area contributed by atoms with Gasteiger partial charge in [0.05, 0.1) is 13.7 Å². The molecule has 1 aliphatic heterocycles. The van der Waals surface area contributed by atoms with Crippen molar-refractivity contribution >= 4 is 0 Å². The van der Waals surface area contributed by atoms with Crippen molar-refractivity contribution in [1.82, 2.24) is 4.98 Å². The second-order valence-electron chi connectivity index (χ2n) is 4.03. The smallest absolute Gasteiger partial charge is 0.212 e. The highest BCUT2D eigenvalue weighted by atomic mass is 16.5. The normalized spacial score (nSPS) is 16.9. The molecule has 0 saturated heterocycles. The first-order chi connectivity index (χ1) is 8.29. The zero-order valence-electron chi connectivity index (χ0n) is 9.93. The van der Waals surface area contributed by atoms with Gasteiger partial charge in [-0.25, -0.2) is 4.98 Å². The maximum absolute atomic E-state index is 10.0. The molecule has 17 heavy (non-hydrogen) atoms. The van der Waals surface area contributed by atoms with Crippen LogP contribution in [0.2, 0.25) is 0 Å². The van der Waals surface area contributed by atoms with E-state index >= 15 is 0 Å². The molecule has 0 saturated carbocycles. The van der Waals surface area contributed by atoms with E-state index in [4.69, 9.17) is 9.47 Å². The lowest BCUT2D eigenvalue weighted by Crippen LogP contribution is -2.18. The van der Waals surface area contributed by atoms with E-state index in [1.807, 2.05) is 12.1 Å². The Balaban J connectivity index is 1.97. The molecule has 1 atom stereocenters. The fraction of sp³-hybridized carbons (Fsp3) is 0.462. The van der Waals surface area contributed by atoms with E-state index in [2.05, 4.69) is 4.98 Å². The Morgan fingerprint density at radius 3 is 3.00 bits per heavy atom. The lowest BCUT2D eigenvalue weighted by atomic mass is 10.1. The molecule has 0 spiro atoms. The number of methoxy groups -OCH3 is 1. The third-order valence-electron chi connectivity index (χ3n) is 2.73. The minimum atomic E-state index is -0.578. The lowest BCUT2D eigenvalue weighted by molar-refractivity contribution is 0.0917. The van der Waals surface area contributed by atoms with Crippen molar-refractivity contribution in [2.24, 2.45) is 0 Å². The van der Waals surface area contributed by atoms with E-state index in [0.29, 0.717) is 24.7 Å². The molecule has 2 heterocycles.